The SMILES string of the molecule is Cc1cc(Cl)ccc1C(N)c1c(Br)cnn1C. The number of halogens is 2. The Morgan fingerprint density at radius 3 is 2.71 bits per heavy atom. The highest BCUT2D eigenvalue weighted by atomic mass is 79.9. The van der Waals surface area contributed by atoms with Crippen LogP contribution in [0.15, 0.2) is 28.9 Å². The average molecular weight is 315 g/mol. The normalized spacial score (nSPS) is 12.8. The quantitative estimate of drug-likeness (QED) is 0.925. The Bertz CT molecular complexity index is 531. The molecule has 0 radical (unpaired) electrons. The summed E-state index contributed by atoms with van der Waals surface area (Å²) < 4.78 is 2.70. The molecule has 1 aromatic carbocycles. The van der Waals surface area contributed by atoms with Crippen LogP contribution in [-0.2, 0) is 7.05 Å². The first kappa shape index (κ1) is 12.6. The molecular weight excluding hydrogens is 302 g/mol. The van der Waals surface area contributed by atoms with Crippen LogP contribution in [0.3, 0.4) is 0 Å². The van der Waals surface area contributed by atoms with Gasteiger partial charge in [0.25, 0.3) is 0 Å². The molecule has 90 valence electrons. The molecule has 0 aliphatic rings. The lowest BCUT2D eigenvalue weighted by atomic mass is 9.99. The minimum absolute atomic E-state index is 0.214. The van der Waals surface area contributed by atoms with Crippen LogP contribution in [0.4, 0.5) is 0 Å². The molecule has 0 aliphatic heterocycles. The van der Waals surface area contributed by atoms with Crippen molar-refractivity contribution in [3.8, 4) is 0 Å². The first-order chi connectivity index (χ1) is 8.00. The van der Waals surface area contributed by atoms with E-state index in [1.165, 1.54) is 0 Å². The third-order valence-electron chi connectivity index (χ3n) is 2.80. The molecule has 0 saturated heterocycles. The largest absolute Gasteiger partial charge is 0.319 e. The van der Waals surface area contributed by atoms with Gasteiger partial charge in [0.1, 0.15) is 0 Å². The summed E-state index contributed by atoms with van der Waals surface area (Å²) in [5.74, 6) is 0. The van der Waals surface area contributed by atoms with Crippen LogP contribution in [0.25, 0.3) is 0 Å². The summed E-state index contributed by atoms with van der Waals surface area (Å²) in [6, 6.07) is 5.52. The van der Waals surface area contributed by atoms with E-state index < -0.39 is 0 Å². The monoisotopic (exact) mass is 313 g/mol. The van der Waals surface area contributed by atoms with E-state index >= 15 is 0 Å². The second-order valence-corrected chi connectivity index (χ2v) is 5.27. The van der Waals surface area contributed by atoms with Gasteiger partial charge in [0.2, 0.25) is 0 Å². The summed E-state index contributed by atoms with van der Waals surface area (Å²) in [6.07, 6.45) is 1.75. The standard InChI is InChI=1S/C12H13BrClN3/c1-7-5-8(14)3-4-9(7)11(15)12-10(13)6-16-17(12)2/h3-6,11H,15H2,1-2H3. The maximum atomic E-state index is 6.28. The van der Waals surface area contributed by atoms with Crippen LogP contribution >= 0.6 is 27.5 Å². The fourth-order valence-electron chi connectivity index (χ4n) is 1.91. The van der Waals surface area contributed by atoms with Crippen molar-refractivity contribution in [1.29, 1.82) is 0 Å². The van der Waals surface area contributed by atoms with E-state index in [-0.39, 0.29) is 6.04 Å². The van der Waals surface area contributed by atoms with Gasteiger partial charge < -0.3 is 5.73 Å². The summed E-state index contributed by atoms with van der Waals surface area (Å²) in [6.45, 7) is 2.01. The number of aryl methyl sites for hydroxylation is 2. The Labute approximate surface area is 114 Å². The van der Waals surface area contributed by atoms with Gasteiger partial charge in [-0.1, -0.05) is 17.7 Å². The molecule has 0 bridgehead atoms. The van der Waals surface area contributed by atoms with E-state index in [0.717, 1.165) is 26.3 Å². The maximum absolute atomic E-state index is 6.28. The van der Waals surface area contributed by atoms with Gasteiger partial charge in [0.05, 0.1) is 22.4 Å². The van der Waals surface area contributed by atoms with Crippen molar-refractivity contribution in [2.75, 3.05) is 0 Å². The Morgan fingerprint density at radius 2 is 2.18 bits per heavy atom. The summed E-state index contributed by atoms with van der Waals surface area (Å²) in [4.78, 5) is 0. The lowest BCUT2D eigenvalue weighted by molar-refractivity contribution is 0.669. The minimum atomic E-state index is -0.214. The van der Waals surface area contributed by atoms with E-state index in [1.807, 2.05) is 32.2 Å². The fraction of sp³-hybridized carbons (Fsp3) is 0.250. The molecule has 0 spiro atoms. The molecule has 1 unspecified atom stereocenters. The molecule has 0 amide bonds. The number of nitrogens with two attached hydrogens (primary N) is 1. The van der Waals surface area contributed by atoms with E-state index in [2.05, 4.69) is 21.0 Å². The highest BCUT2D eigenvalue weighted by Gasteiger charge is 2.18. The van der Waals surface area contributed by atoms with Crippen molar-refractivity contribution in [3.63, 3.8) is 0 Å². The summed E-state index contributed by atoms with van der Waals surface area (Å²) in [5, 5.41) is 4.90. The summed E-state index contributed by atoms with van der Waals surface area (Å²) in [7, 11) is 1.88. The molecule has 1 atom stereocenters. The first-order valence-corrected chi connectivity index (χ1v) is 6.37. The predicted octanol–water partition coefficient (Wildman–Crippen LogP) is 3.19. The molecular formula is C12H13BrClN3. The van der Waals surface area contributed by atoms with Gasteiger partial charge in [-0.3, -0.25) is 4.68 Å². The zero-order chi connectivity index (χ0) is 12.6. The van der Waals surface area contributed by atoms with Crippen molar-refractivity contribution in [3.05, 3.63) is 50.7 Å². The molecule has 0 fully saturated rings. The van der Waals surface area contributed by atoms with Gasteiger partial charge in [-0.05, 0) is 46.1 Å². The minimum Gasteiger partial charge on any atom is -0.319 e. The Hall–Kier alpha value is -0.840. The molecule has 2 aromatic rings. The number of hydrogen-bond acceptors (Lipinski definition) is 2. The van der Waals surface area contributed by atoms with Crippen LogP contribution in [-0.4, -0.2) is 9.78 Å². The van der Waals surface area contributed by atoms with Crippen LogP contribution in [0.2, 0.25) is 5.02 Å². The van der Waals surface area contributed by atoms with Gasteiger partial charge in [0, 0.05) is 12.1 Å². The van der Waals surface area contributed by atoms with Gasteiger partial charge in [-0.25, -0.2) is 0 Å². The number of hydrogen-bond donors (Lipinski definition) is 1. The van der Waals surface area contributed by atoms with Crippen molar-refractivity contribution >= 4 is 27.5 Å². The number of benzene rings is 1. The molecule has 0 saturated carbocycles. The molecule has 2 N–H and O–H groups in total. The first-order valence-electron chi connectivity index (χ1n) is 5.19. The third-order valence-corrected chi connectivity index (χ3v) is 3.65. The van der Waals surface area contributed by atoms with E-state index in [1.54, 1.807) is 10.9 Å². The van der Waals surface area contributed by atoms with Crippen LogP contribution in [0, 0.1) is 6.92 Å². The molecule has 0 aliphatic carbocycles. The number of aromatic nitrogens is 2. The molecule has 1 aromatic heterocycles. The Balaban J connectivity index is 2.47. The van der Waals surface area contributed by atoms with Crippen LogP contribution in [0.5, 0.6) is 0 Å². The zero-order valence-electron chi connectivity index (χ0n) is 9.61. The fourth-order valence-corrected chi connectivity index (χ4v) is 2.73. The van der Waals surface area contributed by atoms with Crippen molar-refractivity contribution < 1.29 is 0 Å². The summed E-state index contributed by atoms with van der Waals surface area (Å²) in [5.41, 5.74) is 9.37. The lowest BCUT2D eigenvalue weighted by Gasteiger charge is -2.16. The Kier molecular flexibility index (Phi) is 3.56. The third kappa shape index (κ3) is 2.39. The number of nitrogens with zero attached hydrogens (tertiary/aromatic N) is 2. The van der Waals surface area contributed by atoms with Gasteiger partial charge in [0.15, 0.2) is 0 Å². The van der Waals surface area contributed by atoms with E-state index in [9.17, 15) is 0 Å². The highest BCUT2D eigenvalue weighted by molar-refractivity contribution is 9.10. The lowest BCUT2D eigenvalue weighted by Crippen LogP contribution is -2.17. The van der Waals surface area contributed by atoms with Crippen molar-refractivity contribution in [1.82, 2.24) is 9.78 Å². The topological polar surface area (TPSA) is 43.8 Å². The molecule has 3 nitrogen and oxygen atoms in total. The van der Waals surface area contributed by atoms with Crippen molar-refractivity contribution in [2.24, 2.45) is 12.8 Å². The van der Waals surface area contributed by atoms with Gasteiger partial charge in [-0.15, -0.1) is 0 Å². The summed E-state index contributed by atoms with van der Waals surface area (Å²) >= 11 is 9.41. The Morgan fingerprint density at radius 1 is 1.47 bits per heavy atom. The molecule has 1 heterocycles. The second-order valence-electron chi connectivity index (χ2n) is 3.98. The highest BCUT2D eigenvalue weighted by Crippen LogP contribution is 2.29. The predicted molar refractivity (Wildman–Crippen MR) is 73.1 cm³/mol. The van der Waals surface area contributed by atoms with Gasteiger partial charge in [-0.2, -0.15) is 5.10 Å². The van der Waals surface area contributed by atoms with Crippen LogP contribution < -0.4 is 5.73 Å². The van der Waals surface area contributed by atoms with E-state index in [4.69, 9.17) is 17.3 Å². The molecule has 5 heteroatoms. The maximum Gasteiger partial charge on any atom is 0.0737 e. The van der Waals surface area contributed by atoms with Crippen molar-refractivity contribution in [2.45, 2.75) is 13.0 Å². The van der Waals surface area contributed by atoms with Gasteiger partial charge >= 0.3 is 0 Å². The smallest absolute Gasteiger partial charge is 0.0737 e. The number of rotatable bonds is 2. The average Bonchev–Trinajstić information content (AvgIpc) is 2.58. The van der Waals surface area contributed by atoms with Crippen LogP contribution in [0.1, 0.15) is 22.9 Å². The van der Waals surface area contributed by atoms with E-state index in [0.29, 0.717) is 0 Å². The molecule has 17 heavy (non-hydrogen) atoms. The zero-order valence-corrected chi connectivity index (χ0v) is 12.0. The molecule has 2 rings (SSSR count). The second kappa shape index (κ2) is 4.80.